The van der Waals surface area contributed by atoms with Crippen molar-refractivity contribution in [1.82, 2.24) is 9.97 Å². The molecule has 1 N–H and O–H groups in total. The van der Waals surface area contributed by atoms with Gasteiger partial charge in [-0.15, -0.1) is 11.6 Å². The molecule has 0 aliphatic heterocycles. The summed E-state index contributed by atoms with van der Waals surface area (Å²) in [4.78, 5) is 6.95. The first-order valence-electron chi connectivity index (χ1n) is 4.07. The summed E-state index contributed by atoms with van der Waals surface area (Å²) in [7, 11) is 0. The van der Waals surface area contributed by atoms with Gasteiger partial charge in [0.25, 0.3) is 0 Å². The Hall–Kier alpha value is -0.800. The summed E-state index contributed by atoms with van der Waals surface area (Å²) in [5, 5.41) is -0.210. The number of aromatic amines is 1. The lowest BCUT2D eigenvalue weighted by atomic mass is 10.3. The molecule has 0 bridgehead atoms. The Kier molecular flexibility index (Phi) is 2.37. The van der Waals surface area contributed by atoms with Gasteiger partial charge in [0.05, 0.1) is 15.9 Å². The fourth-order valence-corrected chi connectivity index (χ4v) is 1.48. The number of aromatic nitrogens is 2. The van der Waals surface area contributed by atoms with Crippen LogP contribution in [0.2, 0.25) is 5.02 Å². The van der Waals surface area contributed by atoms with Crippen LogP contribution in [0.25, 0.3) is 11.0 Å². The van der Waals surface area contributed by atoms with Crippen molar-refractivity contribution < 1.29 is 4.39 Å². The van der Waals surface area contributed by atoms with Gasteiger partial charge in [-0.2, -0.15) is 0 Å². The van der Waals surface area contributed by atoms with Gasteiger partial charge in [-0.05, 0) is 19.1 Å². The van der Waals surface area contributed by atoms with Crippen LogP contribution in [-0.4, -0.2) is 9.97 Å². The molecule has 0 aliphatic rings. The molecule has 1 heterocycles. The average molecular weight is 233 g/mol. The second kappa shape index (κ2) is 3.41. The zero-order valence-electron chi connectivity index (χ0n) is 7.31. The molecule has 74 valence electrons. The number of halogens is 3. The summed E-state index contributed by atoms with van der Waals surface area (Å²) in [6.45, 7) is 1.76. The van der Waals surface area contributed by atoms with Crippen molar-refractivity contribution in [1.29, 1.82) is 0 Å². The highest BCUT2D eigenvalue weighted by Gasteiger charge is 2.12. The normalized spacial score (nSPS) is 13.4. The molecular formula is C9H7Cl2FN2. The smallest absolute Gasteiger partial charge is 0.169 e. The Morgan fingerprint density at radius 1 is 1.50 bits per heavy atom. The molecule has 2 nitrogen and oxygen atoms in total. The molecule has 0 saturated heterocycles. The highest BCUT2D eigenvalue weighted by atomic mass is 35.5. The molecule has 5 heteroatoms. The van der Waals surface area contributed by atoms with E-state index >= 15 is 0 Å². The standard InChI is InChI=1S/C9H7Cl2FN2/c1-4(10)9-13-6-3-2-5(11)7(12)8(6)14-9/h2-4H,1H3,(H,13,14). The van der Waals surface area contributed by atoms with Gasteiger partial charge in [-0.25, -0.2) is 9.37 Å². The van der Waals surface area contributed by atoms with Crippen LogP contribution in [0, 0.1) is 5.82 Å². The molecular weight excluding hydrogens is 226 g/mol. The zero-order valence-corrected chi connectivity index (χ0v) is 8.83. The monoisotopic (exact) mass is 232 g/mol. The van der Waals surface area contributed by atoms with Crippen molar-refractivity contribution in [3.63, 3.8) is 0 Å². The van der Waals surface area contributed by atoms with E-state index in [0.717, 1.165) is 0 Å². The van der Waals surface area contributed by atoms with Crippen LogP contribution >= 0.6 is 23.2 Å². The minimum Gasteiger partial charge on any atom is -0.341 e. The van der Waals surface area contributed by atoms with Crippen LogP contribution in [0.3, 0.4) is 0 Å². The van der Waals surface area contributed by atoms with E-state index in [-0.39, 0.29) is 15.9 Å². The number of nitrogens with one attached hydrogen (secondary N) is 1. The van der Waals surface area contributed by atoms with Crippen LogP contribution in [0.5, 0.6) is 0 Å². The fourth-order valence-electron chi connectivity index (χ4n) is 1.22. The summed E-state index contributed by atoms with van der Waals surface area (Å²) in [6.07, 6.45) is 0. The van der Waals surface area contributed by atoms with E-state index in [0.29, 0.717) is 11.3 Å². The first kappa shape index (κ1) is 9.74. The molecule has 0 radical (unpaired) electrons. The second-order valence-electron chi connectivity index (χ2n) is 3.00. The van der Waals surface area contributed by atoms with E-state index in [1.807, 2.05) is 0 Å². The van der Waals surface area contributed by atoms with Crippen molar-refractivity contribution in [3.05, 3.63) is 28.8 Å². The molecule has 2 rings (SSSR count). The number of hydrogen-bond acceptors (Lipinski definition) is 1. The summed E-state index contributed by atoms with van der Waals surface area (Å²) in [6, 6.07) is 3.16. The lowest BCUT2D eigenvalue weighted by molar-refractivity contribution is 0.637. The van der Waals surface area contributed by atoms with Gasteiger partial charge < -0.3 is 4.98 Å². The van der Waals surface area contributed by atoms with Gasteiger partial charge in [-0.3, -0.25) is 0 Å². The maximum Gasteiger partial charge on any atom is 0.169 e. The number of hydrogen-bond donors (Lipinski definition) is 1. The highest BCUT2D eigenvalue weighted by molar-refractivity contribution is 6.31. The lowest BCUT2D eigenvalue weighted by Gasteiger charge is -1.93. The maximum atomic E-state index is 13.4. The molecule has 1 aromatic heterocycles. The van der Waals surface area contributed by atoms with E-state index in [1.54, 1.807) is 13.0 Å². The molecule has 1 aromatic carbocycles. The first-order chi connectivity index (χ1) is 6.59. The quantitative estimate of drug-likeness (QED) is 0.748. The lowest BCUT2D eigenvalue weighted by Crippen LogP contribution is -1.85. The minimum atomic E-state index is -0.510. The van der Waals surface area contributed by atoms with Crippen LogP contribution in [0.1, 0.15) is 18.1 Å². The van der Waals surface area contributed by atoms with Crippen molar-refractivity contribution in [2.45, 2.75) is 12.3 Å². The van der Waals surface area contributed by atoms with Gasteiger partial charge in [0.1, 0.15) is 11.3 Å². The predicted molar refractivity (Wildman–Crippen MR) is 55.3 cm³/mol. The van der Waals surface area contributed by atoms with Crippen molar-refractivity contribution in [2.24, 2.45) is 0 Å². The molecule has 2 aromatic rings. The summed E-state index contributed by atoms with van der Waals surface area (Å²) in [5.74, 6) is 0.0341. The van der Waals surface area contributed by atoms with Crippen molar-refractivity contribution in [3.8, 4) is 0 Å². The number of H-pyrrole nitrogens is 1. The largest absolute Gasteiger partial charge is 0.341 e. The maximum absolute atomic E-state index is 13.4. The third-order valence-electron chi connectivity index (χ3n) is 1.94. The molecule has 1 unspecified atom stereocenters. The van der Waals surface area contributed by atoms with Gasteiger partial charge in [-0.1, -0.05) is 11.6 Å². The second-order valence-corrected chi connectivity index (χ2v) is 4.06. The number of alkyl halides is 1. The number of imidazole rings is 1. The summed E-state index contributed by atoms with van der Waals surface area (Å²) >= 11 is 11.4. The van der Waals surface area contributed by atoms with Crippen molar-refractivity contribution >= 4 is 34.2 Å². The third-order valence-corrected chi connectivity index (χ3v) is 2.44. The zero-order chi connectivity index (χ0) is 10.3. The van der Waals surface area contributed by atoms with E-state index in [2.05, 4.69) is 9.97 Å². The Labute approximate surface area is 90.0 Å². The number of fused-ring (bicyclic) bond motifs is 1. The summed E-state index contributed by atoms with van der Waals surface area (Å²) in [5.41, 5.74) is 0.842. The molecule has 0 fully saturated rings. The number of nitrogens with zero attached hydrogens (tertiary/aromatic N) is 1. The van der Waals surface area contributed by atoms with Crippen LogP contribution in [0.4, 0.5) is 4.39 Å². The molecule has 0 amide bonds. The molecule has 0 aliphatic carbocycles. The Morgan fingerprint density at radius 3 is 2.86 bits per heavy atom. The Balaban J connectivity index is 2.71. The van der Waals surface area contributed by atoms with Gasteiger partial charge in [0.15, 0.2) is 5.82 Å². The topological polar surface area (TPSA) is 28.7 Å². The van der Waals surface area contributed by atoms with E-state index in [1.165, 1.54) is 6.07 Å². The Morgan fingerprint density at radius 2 is 2.21 bits per heavy atom. The Bertz CT molecular complexity index is 479. The van der Waals surface area contributed by atoms with Crippen LogP contribution < -0.4 is 0 Å². The van der Waals surface area contributed by atoms with E-state index in [9.17, 15) is 4.39 Å². The molecule has 14 heavy (non-hydrogen) atoms. The van der Waals surface area contributed by atoms with Crippen LogP contribution in [-0.2, 0) is 0 Å². The minimum absolute atomic E-state index is 0.0674. The van der Waals surface area contributed by atoms with Gasteiger partial charge in [0.2, 0.25) is 0 Å². The SMILES string of the molecule is CC(Cl)c1nc2c(F)c(Cl)ccc2[nH]1. The van der Waals surface area contributed by atoms with Gasteiger partial charge in [0, 0.05) is 0 Å². The van der Waals surface area contributed by atoms with Gasteiger partial charge >= 0.3 is 0 Å². The predicted octanol–water partition coefficient (Wildman–Crippen LogP) is 3.66. The van der Waals surface area contributed by atoms with E-state index < -0.39 is 5.82 Å². The number of benzene rings is 1. The molecule has 0 saturated carbocycles. The highest BCUT2D eigenvalue weighted by Crippen LogP contribution is 2.25. The van der Waals surface area contributed by atoms with Crippen LogP contribution in [0.15, 0.2) is 12.1 Å². The molecule has 0 spiro atoms. The van der Waals surface area contributed by atoms with E-state index in [4.69, 9.17) is 23.2 Å². The third kappa shape index (κ3) is 1.47. The van der Waals surface area contributed by atoms with Crippen molar-refractivity contribution in [2.75, 3.05) is 0 Å². The average Bonchev–Trinajstić information content (AvgIpc) is 2.56. The molecule has 1 atom stereocenters. The first-order valence-corrected chi connectivity index (χ1v) is 4.88. The fraction of sp³-hybridized carbons (Fsp3) is 0.222. The number of rotatable bonds is 1. The summed E-state index contributed by atoms with van der Waals surface area (Å²) < 4.78 is 13.4.